The maximum absolute atomic E-state index is 12.3. The Morgan fingerprint density at radius 2 is 1.69 bits per heavy atom. The molecular weight excluding hydrogens is 362 g/mol. The van der Waals surface area contributed by atoms with E-state index >= 15 is 0 Å². The van der Waals surface area contributed by atoms with Gasteiger partial charge in [0, 0.05) is 51.0 Å². The van der Waals surface area contributed by atoms with Crippen molar-refractivity contribution < 1.29 is 9.53 Å². The summed E-state index contributed by atoms with van der Waals surface area (Å²) in [7, 11) is 0. The van der Waals surface area contributed by atoms with Crippen LogP contribution in [0.5, 0.6) is 0 Å². The molecule has 29 heavy (non-hydrogen) atoms. The van der Waals surface area contributed by atoms with Crippen molar-refractivity contribution in [3.63, 3.8) is 0 Å². The number of fused-ring (bicyclic) bond motifs is 1. The van der Waals surface area contributed by atoms with E-state index in [9.17, 15) is 4.79 Å². The number of hydrogen-bond acceptors (Lipinski definition) is 4. The van der Waals surface area contributed by atoms with Gasteiger partial charge < -0.3 is 14.5 Å². The maximum atomic E-state index is 12.3. The van der Waals surface area contributed by atoms with Crippen molar-refractivity contribution in [3.8, 4) is 0 Å². The molecule has 5 heteroatoms. The SMILES string of the molecule is CC(C)OCC(=O)N1CCN(c2ccc3c(c2)CCN(C2CCCC2)CC3)CC1. The lowest BCUT2D eigenvalue weighted by molar-refractivity contribution is -0.137. The molecule has 4 rings (SSSR count). The van der Waals surface area contributed by atoms with E-state index in [1.54, 1.807) is 0 Å². The molecule has 1 amide bonds. The second-order valence-electron chi connectivity index (χ2n) is 9.15. The highest BCUT2D eigenvalue weighted by atomic mass is 16.5. The Balaban J connectivity index is 1.33. The Kier molecular flexibility index (Phi) is 6.76. The third-order valence-electron chi connectivity index (χ3n) is 6.91. The van der Waals surface area contributed by atoms with Gasteiger partial charge in [-0.05, 0) is 62.8 Å². The molecule has 0 N–H and O–H groups in total. The summed E-state index contributed by atoms with van der Waals surface area (Å²) in [5, 5.41) is 0. The van der Waals surface area contributed by atoms with Gasteiger partial charge in [0.2, 0.25) is 5.91 Å². The first-order chi connectivity index (χ1) is 14.1. The Morgan fingerprint density at radius 3 is 2.38 bits per heavy atom. The molecule has 1 aromatic carbocycles. The average molecular weight is 400 g/mol. The van der Waals surface area contributed by atoms with Crippen LogP contribution in [0, 0.1) is 0 Å². The molecule has 2 fully saturated rings. The van der Waals surface area contributed by atoms with Crippen LogP contribution in [0.25, 0.3) is 0 Å². The number of nitrogens with zero attached hydrogens (tertiary/aromatic N) is 3. The van der Waals surface area contributed by atoms with Crippen LogP contribution >= 0.6 is 0 Å². The second-order valence-corrected chi connectivity index (χ2v) is 9.15. The van der Waals surface area contributed by atoms with Gasteiger partial charge in [0.15, 0.2) is 0 Å². The van der Waals surface area contributed by atoms with Gasteiger partial charge in [-0.3, -0.25) is 9.69 Å². The molecular formula is C24H37N3O2. The molecule has 2 heterocycles. The number of benzene rings is 1. The summed E-state index contributed by atoms with van der Waals surface area (Å²) in [6.07, 6.45) is 8.07. The first kappa shape index (κ1) is 20.7. The molecule has 3 aliphatic rings. The van der Waals surface area contributed by atoms with E-state index < -0.39 is 0 Å². The van der Waals surface area contributed by atoms with E-state index in [4.69, 9.17) is 4.74 Å². The zero-order chi connectivity index (χ0) is 20.2. The van der Waals surface area contributed by atoms with Crippen molar-refractivity contribution in [3.05, 3.63) is 29.3 Å². The number of rotatable bonds is 5. The van der Waals surface area contributed by atoms with Gasteiger partial charge >= 0.3 is 0 Å². The van der Waals surface area contributed by atoms with Crippen LogP contribution in [0.1, 0.15) is 50.7 Å². The minimum atomic E-state index is 0.101. The molecule has 0 radical (unpaired) electrons. The second kappa shape index (κ2) is 9.48. The normalized spacial score (nSPS) is 21.5. The standard InChI is InChI=1S/C24H37N3O2/c1-19(2)29-18-24(28)27-15-13-26(14-16-27)23-8-7-20-9-11-25(12-10-21(20)17-23)22-5-3-4-6-22/h7-8,17,19,22H,3-6,9-16,18H2,1-2H3. The Bertz CT molecular complexity index is 691. The number of carbonyl (C=O) groups is 1. The topological polar surface area (TPSA) is 36.0 Å². The van der Waals surface area contributed by atoms with Crippen molar-refractivity contribution in [2.75, 3.05) is 50.8 Å². The van der Waals surface area contributed by atoms with Gasteiger partial charge in [0.05, 0.1) is 6.10 Å². The molecule has 0 spiro atoms. The summed E-state index contributed by atoms with van der Waals surface area (Å²) in [6, 6.07) is 7.90. The minimum Gasteiger partial charge on any atom is -0.369 e. The van der Waals surface area contributed by atoms with Gasteiger partial charge in [-0.2, -0.15) is 0 Å². The molecule has 1 aliphatic carbocycles. The number of carbonyl (C=O) groups excluding carboxylic acids is 1. The first-order valence-corrected chi connectivity index (χ1v) is 11.6. The first-order valence-electron chi connectivity index (χ1n) is 11.6. The molecule has 2 aliphatic heterocycles. The van der Waals surface area contributed by atoms with Gasteiger partial charge in [-0.25, -0.2) is 0 Å². The fourth-order valence-corrected chi connectivity index (χ4v) is 5.10. The summed E-state index contributed by atoms with van der Waals surface area (Å²) in [5.74, 6) is 0.118. The predicted octanol–water partition coefficient (Wildman–Crippen LogP) is 3.10. The summed E-state index contributed by atoms with van der Waals surface area (Å²) in [5.41, 5.74) is 4.39. The molecule has 1 saturated carbocycles. The van der Waals surface area contributed by atoms with Crippen LogP contribution in [-0.2, 0) is 22.4 Å². The van der Waals surface area contributed by atoms with E-state index in [1.807, 2.05) is 18.7 Å². The summed E-state index contributed by atoms with van der Waals surface area (Å²) in [4.78, 5) is 19.4. The van der Waals surface area contributed by atoms with Gasteiger partial charge in [-0.15, -0.1) is 0 Å². The van der Waals surface area contributed by atoms with Crippen LogP contribution < -0.4 is 4.90 Å². The molecule has 1 saturated heterocycles. The van der Waals surface area contributed by atoms with Gasteiger partial charge in [-0.1, -0.05) is 18.9 Å². The van der Waals surface area contributed by atoms with Crippen LogP contribution in [-0.4, -0.2) is 73.7 Å². The smallest absolute Gasteiger partial charge is 0.248 e. The largest absolute Gasteiger partial charge is 0.369 e. The Morgan fingerprint density at radius 1 is 1.00 bits per heavy atom. The van der Waals surface area contributed by atoms with Crippen LogP contribution in [0.15, 0.2) is 18.2 Å². The third-order valence-corrected chi connectivity index (χ3v) is 6.91. The highest BCUT2D eigenvalue weighted by Gasteiger charge is 2.25. The molecule has 0 bridgehead atoms. The Hall–Kier alpha value is -1.59. The highest BCUT2D eigenvalue weighted by molar-refractivity contribution is 5.77. The molecule has 160 valence electrons. The van der Waals surface area contributed by atoms with E-state index in [0.29, 0.717) is 0 Å². The van der Waals surface area contributed by atoms with Crippen molar-refractivity contribution >= 4 is 11.6 Å². The van der Waals surface area contributed by atoms with Gasteiger partial charge in [0.25, 0.3) is 0 Å². The van der Waals surface area contributed by atoms with Crippen LogP contribution in [0.2, 0.25) is 0 Å². The quantitative estimate of drug-likeness (QED) is 0.762. The number of hydrogen-bond donors (Lipinski definition) is 0. The zero-order valence-corrected chi connectivity index (χ0v) is 18.2. The predicted molar refractivity (Wildman–Crippen MR) is 118 cm³/mol. The molecule has 0 unspecified atom stereocenters. The number of anilines is 1. The molecule has 0 aromatic heterocycles. The third kappa shape index (κ3) is 5.13. The van der Waals surface area contributed by atoms with Crippen molar-refractivity contribution in [1.29, 1.82) is 0 Å². The molecule has 5 nitrogen and oxygen atoms in total. The van der Waals surface area contributed by atoms with E-state index in [1.165, 1.54) is 68.4 Å². The highest BCUT2D eigenvalue weighted by Crippen LogP contribution is 2.28. The van der Waals surface area contributed by atoms with Crippen LogP contribution in [0.3, 0.4) is 0 Å². The van der Waals surface area contributed by atoms with E-state index in [0.717, 1.165) is 32.2 Å². The summed E-state index contributed by atoms with van der Waals surface area (Å²) in [6.45, 7) is 9.94. The fourth-order valence-electron chi connectivity index (χ4n) is 5.10. The minimum absolute atomic E-state index is 0.101. The Labute approximate surface area is 176 Å². The van der Waals surface area contributed by atoms with Crippen LogP contribution in [0.4, 0.5) is 5.69 Å². The number of ether oxygens (including phenoxy) is 1. The van der Waals surface area contributed by atoms with Crippen molar-refractivity contribution in [2.45, 2.75) is 64.5 Å². The van der Waals surface area contributed by atoms with Crippen molar-refractivity contribution in [1.82, 2.24) is 9.80 Å². The number of amides is 1. The lowest BCUT2D eigenvalue weighted by Gasteiger charge is -2.36. The fraction of sp³-hybridized carbons (Fsp3) is 0.708. The molecule has 1 aromatic rings. The van der Waals surface area contributed by atoms with E-state index in [-0.39, 0.29) is 18.6 Å². The lowest BCUT2D eigenvalue weighted by atomic mass is 10.0. The van der Waals surface area contributed by atoms with Crippen molar-refractivity contribution in [2.24, 2.45) is 0 Å². The maximum Gasteiger partial charge on any atom is 0.248 e. The molecule has 0 atom stereocenters. The van der Waals surface area contributed by atoms with Gasteiger partial charge in [0.1, 0.15) is 6.61 Å². The summed E-state index contributed by atoms with van der Waals surface area (Å²) >= 11 is 0. The average Bonchev–Trinajstić information content (AvgIpc) is 3.19. The summed E-state index contributed by atoms with van der Waals surface area (Å²) < 4.78 is 5.48. The monoisotopic (exact) mass is 399 g/mol. The van der Waals surface area contributed by atoms with E-state index in [2.05, 4.69) is 28.0 Å². The number of piperazine rings is 1. The lowest BCUT2D eigenvalue weighted by Crippen LogP contribution is -2.50. The zero-order valence-electron chi connectivity index (χ0n) is 18.2.